The van der Waals surface area contributed by atoms with Gasteiger partial charge in [0.15, 0.2) is 5.69 Å². The van der Waals surface area contributed by atoms with Gasteiger partial charge in [-0.2, -0.15) is 5.10 Å². The minimum absolute atomic E-state index is 0.0772. The zero-order chi connectivity index (χ0) is 15.1. The second-order valence-electron chi connectivity index (χ2n) is 5.50. The van der Waals surface area contributed by atoms with Crippen LogP contribution in [0.1, 0.15) is 40.3 Å². The number of aryl methyl sites for hydroxylation is 1. The molecule has 1 amide bonds. The topological polar surface area (TPSA) is 75.0 Å². The van der Waals surface area contributed by atoms with Crippen LogP contribution in [0.5, 0.6) is 0 Å². The van der Waals surface area contributed by atoms with E-state index in [1.807, 2.05) is 38.1 Å². The van der Waals surface area contributed by atoms with Crippen molar-refractivity contribution in [3.63, 3.8) is 0 Å². The summed E-state index contributed by atoms with van der Waals surface area (Å²) in [6.45, 7) is 4.31. The third-order valence-electron chi connectivity index (χ3n) is 3.71. The molecule has 110 valence electrons. The molecule has 2 aromatic rings. The summed E-state index contributed by atoms with van der Waals surface area (Å²) >= 11 is 5.96. The second-order valence-corrected chi connectivity index (χ2v) is 5.94. The van der Waals surface area contributed by atoms with Gasteiger partial charge in [0.1, 0.15) is 0 Å². The Labute approximate surface area is 128 Å². The van der Waals surface area contributed by atoms with Crippen molar-refractivity contribution in [2.75, 3.05) is 6.54 Å². The molecule has 0 bridgehead atoms. The van der Waals surface area contributed by atoms with Gasteiger partial charge in [0.05, 0.1) is 6.04 Å². The maximum atomic E-state index is 12.6. The first-order valence-electron chi connectivity index (χ1n) is 6.86. The number of nitrogens with two attached hydrogens (primary N) is 1. The highest BCUT2D eigenvalue weighted by Gasteiger charge is 2.41. The molecule has 0 spiro atoms. The highest BCUT2D eigenvalue weighted by Crippen LogP contribution is 2.39. The van der Waals surface area contributed by atoms with Crippen molar-refractivity contribution in [1.29, 1.82) is 0 Å². The fourth-order valence-corrected chi connectivity index (χ4v) is 2.96. The zero-order valence-corrected chi connectivity index (χ0v) is 12.7. The van der Waals surface area contributed by atoms with Gasteiger partial charge in [-0.1, -0.05) is 23.7 Å². The molecule has 3 N–H and O–H groups in total. The molecule has 0 aliphatic carbocycles. The number of carbonyl (C=O) groups excluding carboxylic acids is 1. The Morgan fingerprint density at radius 2 is 2.10 bits per heavy atom. The van der Waals surface area contributed by atoms with Gasteiger partial charge in [-0.15, -0.1) is 0 Å². The standard InChI is InChI=1S/C15H17ClN4O/c1-8(17)7-20-14(10-3-5-11(16)6-4-10)12-9(2)18-19-13(12)15(20)21/h3-6,8,14H,7,17H2,1-2H3,(H,18,19). The largest absolute Gasteiger partial charge is 0.326 e. The quantitative estimate of drug-likeness (QED) is 0.913. The van der Waals surface area contributed by atoms with Gasteiger partial charge >= 0.3 is 0 Å². The summed E-state index contributed by atoms with van der Waals surface area (Å²) in [5.41, 5.74) is 9.24. The summed E-state index contributed by atoms with van der Waals surface area (Å²) in [4.78, 5) is 14.3. The van der Waals surface area contributed by atoms with Crippen molar-refractivity contribution >= 4 is 17.5 Å². The Kier molecular flexibility index (Phi) is 3.47. The van der Waals surface area contributed by atoms with Crippen molar-refractivity contribution in [3.8, 4) is 0 Å². The summed E-state index contributed by atoms with van der Waals surface area (Å²) in [6.07, 6.45) is 0. The lowest BCUT2D eigenvalue weighted by atomic mass is 9.99. The van der Waals surface area contributed by atoms with E-state index in [0.717, 1.165) is 16.8 Å². The van der Waals surface area contributed by atoms with Crippen molar-refractivity contribution in [3.05, 3.63) is 51.8 Å². The Balaban J connectivity index is 2.10. The van der Waals surface area contributed by atoms with Crippen molar-refractivity contribution < 1.29 is 4.79 Å². The highest BCUT2D eigenvalue weighted by molar-refractivity contribution is 6.30. The van der Waals surface area contributed by atoms with Crippen LogP contribution in [0.4, 0.5) is 0 Å². The lowest BCUT2D eigenvalue weighted by Gasteiger charge is -2.27. The first-order valence-corrected chi connectivity index (χ1v) is 7.23. The van der Waals surface area contributed by atoms with E-state index in [1.54, 1.807) is 4.90 Å². The molecule has 6 heteroatoms. The van der Waals surface area contributed by atoms with Crippen LogP contribution < -0.4 is 5.73 Å². The van der Waals surface area contributed by atoms with E-state index in [4.69, 9.17) is 17.3 Å². The maximum Gasteiger partial charge on any atom is 0.275 e. The average Bonchev–Trinajstić information content (AvgIpc) is 2.92. The van der Waals surface area contributed by atoms with E-state index < -0.39 is 0 Å². The smallest absolute Gasteiger partial charge is 0.275 e. The summed E-state index contributed by atoms with van der Waals surface area (Å²) in [5.74, 6) is -0.0772. The summed E-state index contributed by atoms with van der Waals surface area (Å²) in [6, 6.07) is 7.29. The third kappa shape index (κ3) is 2.32. The second kappa shape index (κ2) is 5.16. The van der Waals surface area contributed by atoms with Crippen LogP contribution in [0.3, 0.4) is 0 Å². The molecule has 5 nitrogen and oxygen atoms in total. The van der Waals surface area contributed by atoms with E-state index in [1.165, 1.54) is 0 Å². The van der Waals surface area contributed by atoms with Crippen molar-refractivity contribution in [2.24, 2.45) is 5.73 Å². The number of rotatable bonds is 3. The molecule has 1 aromatic carbocycles. The van der Waals surface area contributed by atoms with Crippen LogP contribution in [-0.4, -0.2) is 33.6 Å². The summed E-state index contributed by atoms with van der Waals surface area (Å²) < 4.78 is 0. The van der Waals surface area contributed by atoms with Gasteiger partial charge in [0.25, 0.3) is 5.91 Å². The normalized spacial score (nSPS) is 19.0. The Morgan fingerprint density at radius 1 is 1.43 bits per heavy atom. The van der Waals surface area contributed by atoms with Gasteiger partial charge in [-0.25, -0.2) is 0 Å². The van der Waals surface area contributed by atoms with Crippen molar-refractivity contribution in [2.45, 2.75) is 25.9 Å². The molecule has 2 atom stereocenters. The number of amides is 1. The highest BCUT2D eigenvalue weighted by atomic mass is 35.5. The predicted octanol–water partition coefficient (Wildman–Crippen LogP) is 2.26. The summed E-state index contributed by atoms with van der Waals surface area (Å²) in [7, 11) is 0. The summed E-state index contributed by atoms with van der Waals surface area (Å²) in [5, 5.41) is 7.72. The fourth-order valence-electron chi connectivity index (χ4n) is 2.83. The van der Waals surface area contributed by atoms with Crippen LogP contribution in [0.15, 0.2) is 24.3 Å². The molecule has 21 heavy (non-hydrogen) atoms. The Hall–Kier alpha value is -1.85. The van der Waals surface area contributed by atoms with Crippen LogP contribution >= 0.6 is 11.6 Å². The number of fused-ring (bicyclic) bond motifs is 1. The van der Waals surface area contributed by atoms with E-state index in [2.05, 4.69) is 10.2 Å². The van der Waals surface area contributed by atoms with E-state index >= 15 is 0 Å². The monoisotopic (exact) mass is 304 g/mol. The van der Waals surface area contributed by atoms with Crippen LogP contribution in [0, 0.1) is 6.92 Å². The molecular weight excluding hydrogens is 288 g/mol. The van der Waals surface area contributed by atoms with E-state index in [-0.39, 0.29) is 18.0 Å². The van der Waals surface area contributed by atoms with Crippen molar-refractivity contribution in [1.82, 2.24) is 15.1 Å². The molecule has 0 radical (unpaired) electrons. The van der Waals surface area contributed by atoms with Crippen LogP contribution in [0.25, 0.3) is 0 Å². The zero-order valence-electron chi connectivity index (χ0n) is 11.9. The van der Waals surface area contributed by atoms with E-state index in [0.29, 0.717) is 17.3 Å². The Bertz CT molecular complexity index is 677. The number of H-pyrrole nitrogens is 1. The van der Waals surface area contributed by atoms with E-state index in [9.17, 15) is 4.79 Å². The van der Waals surface area contributed by atoms with Gasteiger partial charge in [0.2, 0.25) is 0 Å². The van der Waals surface area contributed by atoms with Gasteiger partial charge in [0, 0.05) is 28.9 Å². The van der Waals surface area contributed by atoms with Gasteiger partial charge in [-0.3, -0.25) is 9.89 Å². The number of halogens is 1. The number of aromatic nitrogens is 2. The first-order chi connectivity index (χ1) is 9.99. The number of hydrogen-bond acceptors (Lipinski definition) is 3. The predicted molar refractivity (Wildman–Crippen MR) is 81.3 cm³/mol. The molecule has 1 aromatic heterocycles. The molecule has 2 heterocycles. The molecule has 0 saturated carbocycles. The molecule has 0 saturated heterocycles. The number of benzene rings is 1. The maximum absolute atomic E-state index is 12.6. The molecule has 2 unspecified atom stereocenters. The minimum Gasteiger partial charge on any atom is -0.326 e. The number of hydrogen-bond donors (Lipinski definition) is 2. The minimum atomic E-state index is -0.158. The number of carbonyl (C=O) groups is 1. The lowest BCUT2D eigenvalue weighted by molar-refractivity contribution is 0.0735. The third-order valence-corrected chi connectivity index (χ3v) is 3.97. The first kappa shape index (κ1) is 14.1. The number of nitrogens with zero attached hydrogens (tertiary/aromatic N) is 2. The molecule has 1 aliphatic rings. The van der Waals surface area contributed by atoms with Crippen LogP contribution in [0.2, 0.25) is 5.02 Å². The number of nitrogens with one attached hydrogen (secondary N) is 1. The van der Waals surface area contributed by atoms with Gasteiger partial charge < -0.3 is 10.6 Å². The fraction of sp³-hybridized carbons (Fsp3) is 0.333. The number of aromatic amines is 1. The SMILES string of the molecule is Cc1[nH]nc2c1C(c1ccc(Cl)cc1)N(CC(C)N)C2=O. The molecule has 0 fully saturated rings. The van der Waals surface area contributed by atoms with Crippen LogP contribution in [-0.2, 0) is 0 Å². The molecular formula is C15H17ClN4O. The average molecular weight is 305 g/mol. The molecule has 3 rings (SSSR count). The molecule has 1 aliphatic heterocycles. The Morgan fingerprint density at radius 3 is 2.71 bits per heavy atom. The van der Waals surface area contributed by atoms with Gasteiger partial charge in [-0.05, 0) is 31.5 Å². The lowest BCUT2D eigenvalue weighted by Crippen LogP contribution is -2.38.